The molecule has 1 heterocycles. The second kappa shape index (κ2) is 8.16. The number of piperidine rings is 1. The van der Waals surface area contributed by atoms with Crippen LogP contribution in [0.5, 0.6) is 0 Å². The van der Waals surface area contributed by atoms with Crippen molar-refractivity contribution in [2.24, 2.45) is 0 Å². The molecule has 0 radical (unpaired) electrons. The van der Waals surface area contributed by atoms with Crippen molar-refractivity contribution in [1.82, 2.24) is 4.90 Å². The molecule has 2 aromatic rings. The van der Waals surface area contributed by atoms with Crippen LogP contribution in [0.2, 0.25) is 0 Å². The molecule has 0 saturated carbocycles. The van der Waals surface area contributed by atoms with E-state index in [-0.39, 0.29) is 0 Å². The Bertz CT molecular complexity index is 559. The van der Waals surface area contributed by atoms with E-state index in [9.17, 15) is 0 Å². The third kappa shape index (κ3) is 4.35. The number of para-hydroxylation sites is 1. The smallest absolute Gasteiger partial charge is 0.0368 e. The Morgan fingerprint density at radius 3 is 2.13 bits per heavy atom. The lowest BCUT2D eigenvalue weighted by atomic mass is 10.0. The molecule has 3 rings (SSSR count). The van der Waals surface area contributed by atoms with Crippen LogP contribution in [-0.4, -0.2) is 37.1 Å². The molecule has 2 nitrogen and oxygen atoms in total. The summed E-state index contributed by atoms with van der Waals surface area (Å²) in [6.07, 6.45) is 3.72. The van der Waals surface area contributed by atoms with Crippen molar-refractivity contribution in [1.29, 1.82) is 0 Å². The molecular weight excluding hydrogens is 280 g/mol. The molecule has 1 fully saturated rings. The molecule has 0 atom stereocenters. The summed E-state index contributed by atoms with van der Waals surface area (Å²) in [6, 6.07) is 22.4. The fourth-order valence-corrected chi connectivity index (χ4v) is 3.66. The lowest BCUT2D eigenvalue weighted by Gasteiger charge is -2.39. The number of nitrogens with zero attached hydrogens (tertiary/aromatic N) is 2. The first-order valence-corrected chi connectivity index (χ1v) is 8.95. The van der Waals surface area contributed by atoms with E-state index in [1.54, 1.807) is 0 Å². The normalized spacial score (nSPS) is 16.4. The number of hydrogen-bond acceptors (Lipinski definition) is 2. The van der Waals surface area contributed by atoms with Crippen LogP contribution in [0.1, 0.15) is 25.3 Å². The van der Waals surface area contributed by atoms with Crippen molar-refractivity contribution >= 4 is 5.69 Å². The Morgan fingerprint density at radius 1 is 0.913 bits per heavy atom. The highest BCUT2D eigenvalue weighted by Crippen LogP contribution is 2.23. The first kappa shape index (κ1) is 16.1. The zero-order valence-electron chi connectivity index (χ0n) is 14.2. The predicted octanol–water partition coefficient (Wildman–Crippen LogP) is 4.22. The minimum atomic E-state index is 0.690. The summed E-state index contributed by atoms with van der Waals surface area (Å²) in [5, 5.41) is 0. The fraction of sp³-hybridized carbons (Fsp3) is 0.429. The molecule has 0 amide bonds. The molecule has 2 heteroatoms. The molecule has 2 aromatic carbocycles. The quantitative estimate of drug-likeness (QED) is 0.788. The molecule has 0 unspecified atom stereocenters. The summed E-state index contributed by atoms with van der Waals surface area (Å²) in [6.45, 7) is 7.00. The van der Waals surface area contributed by atoms with Gasteiger partial charge in [-0.15, -0.1) is 0 Å². The molecule has 122 valence electrons. The maximum absolute atomic E-state index is 2.63. The monoisotopic (exact) mass is 308 g/mol. The summed E-state index contributed by atoms with van der Waals surface area (Å²) >= 11 is 0. The topological polar surface area (TPSA) is 6.48 Å². The number of anilines is 1. The van der Waals surface area contributed by atoms with Gasteiger partial charge in [0.05, 0.1) is 0 Å². The third-order valence-corrected chi connectivity index (χ3v) is 4.99. The van der Waals surface area contributed by atoms with Gasteiger partial charge in [0.25, 0.3) is 0 Å². The van der Waals surface area contributed by atoms with Crippen molar-refractivity contribution in [2.45, 2.75) is 32.2 Å². The SMILES string of the molecule is CCN(c1ccccc1)C1CCN(CCc2ccccc2)CC1. The van der Waals surface area contributed by atoms with Crippen molar-refractivity contribution in [3.05, 3.63) is 66.2 Å². The van der Waals surface area contributed by atoms with Crippen LogP contribution in [-0.2, 0) is 6.42 Å². The summed E-state index contributed by atoms with van der Waals surface area (Å²) in [5.74, 6) is 0. The van der Waals surface area contributed by atoms with Crippen LogP contribution in [0.3, 0.4) is 0 Å². The molecule has 1 saturated heterocycles. The van der Waals surface area contributed by atoms with Crippen molar-refractivity contribution in [2.75, 3.05) is 31.1 Å². The van der Waals surface area contributed by atoms with Crippen LogP contribution in [0.15, 0.2) is 60.7 Å². The Balaban J connectivity index is 1.50. The van der Waals surface area contributed by atoms with E-state index in [2.05, 4.69) is 77.4 Å². The fourth-order valence-electron chi connectivity index (χ4n) is 3.66. The second-order valence-electron chi connectivity index (χ2n) is 6.43. The molecule has 0 aromatic heterocycles. The van der Waals surface area contributed by atoms with Gasteiger partial charge in [0, 0.05) is 37.9 Å². The summed E-state index contributed by atoms with van der Waals surface area (Å²) in [5.41, 5.74) is 2.83. The van der Waals surface area contributed by atoms with Gasteiger partial charge in [0.15, 0.2) is 0 Å². The highest BCUT2D eigenvalue weighted by Gasteiger charge is 2.23. The van der Waals surface area contributed by atoms with Gasteiger partial charge >= 0.3 is 0 Å². The summed E-state index contributed by atoms with van der Waals surface area (Å²) < 4.78 is 0. The van der Waals surface area contributed by atoms with Gasteiger partial charge in [0.1, 0.15) is 0 Å². The molecule has 1 aliphatic rings. The first-order chi connectivity index (χ1) is 11.4. The zero-order chi connectivity index (χ0) is 15.9. The molecule has 1 aliphatic heterocycles. The molecule has 0 spiro atoms. The Kier molecular flexibility index (Phi) is 5.71. The van der Waals surface area contributed by atoms with Gasteiger partial charge in [-0.1, -0.05) is 48.5 Å². The van der Waals surface area contributed by atoms with Crippen LogP contribution in [0.25, 0.3) is 0 Å². The van der Waals surface area contributed by atoms with Gasteiger partial charge < -0.3 is 9.80 Å². The van der Waals surface area contributed by atoms with Gasteiger partial charge in [-0.2, -0.15) is 0 Å². The minimum absolute atomic E-state index is 0.690. The average molecular weight is 308 g/mol. The Hall–Kier alpha value is -1.80. The van der Waals surface area contributed by atoms with Gasteiger partial charge in [-0.3, -0.25) is 0 Å². The van der Waals surface area contributed by atoms with Crippen molar-refractivity contribution < 1.29 is 0 Å². The summed E-state index contributed by atoms with van der Waals surface area (Å²) in [7, 11) is 0. The third-order valence-electron chi connectivity index (χ3n) is 4.99. The van der Waals surface area contributed by atoms with E-state index in [1.807, 2.05) is 0 Å². The van der Waals surface area contributed by atoms with Crippen molar-refractivity contribution in [3.63, 3.8) is 0 Å². The molecule has 0 aliphatic carbocycles. The van der Waals surface area contributed by atoms with Crippen molar-refractivity contribution in [3.8, 4) is 0 Å². The first-order valence-electron chi connectivity index (χ1n) is 8.95. The number of benzene rings is 2. The van der Waals surface area contributed by atoms with Gasteiger partial charge in [-0.05, 0) is 43.9 Å². The second-order valence-corrected chi connectivity index (χ2v) is 6.43. The van der Waals surface area contributed by atoms with Crippen LogP contribution < -0.4 is 4.90 Å². The lowest BCUT2D eigenvalue weighted by molar-refractivity contribution is 0.211. The van der Waals surface area contributed by atoms with Crippen LogP contribution >= 0.6 is 0 Å². The molecule has 0 N–H and O–H groups in total. The lowest BCUT2D eigenvalue weighted by Crippen LogP contribution is -2.45. The van der Waals surface area contributed by atoms with E-state index in [0.29, 0.717) is 6.04 Å². The zero-order valence-corrected chi connectivity index (χ0v) is 14.2. The van der Waals surface area contributed by atoms with E-state index >= 15 is 0 Å². The highest BCUT2D eigenvalue weighted by molar-refractivity contribution is 5.47. The molecular formula is C21H28N2. The largest absolute Gasteiger partial charge is 0.369 e. The van der Waals surface area contributed by atoms with Gasteiger partial charge in [0.2, 0.25) is 0 Å². The highest BCUT2D eigenvalue weighted by atomic mass is 15.2. The van der Waals surface area contributed by atoms with E-state index < -0.39 is 0 Å². The average Bonchev–Trinajstić information content (AvgIpc) is 2.63. The standard InChI is InChI=1S/C21H28N2/c1-2-23(20-11-7-4-8-12-20)21-14-17-22(18-15-21)16-13-19-9-5-3-6-10-19/h3-12,21H,2,13-18H2,1H3. The Morgan fingerprint density at radius 2 is 1.52 bits per heavy atom. The van der Waals surface area contributed by atoms with Crippen LogP contribution in [0, 0.1) is 0 Å². The maximum Gasteiger partial charge on any atom is 0.0368 e. The Labute approximate surface area is 140 Å². The minimum Gasteiger partial charge on any atom is -0.369 e. The molecule has 0 bridgehead atoms. The predicted molar refractivity (Wildman–Crippen MR) is 99.1 cm³/mol. The molecule has 23 heavy (non-hydrogen) atoms. The number of rotatable bonds is 6. The number of likely N-dealkylation sites (tertiary alicyclic amines) is 1. The van der Waals surface area contributed by atoms with E-state index in [4.69, 9.17) is 0 Å². The summed E-state index contributed by atoms with van der Waals surface area (Å²) in [4.78, 5) is 5.21. The van der Waals surface area contributed by atoms with Crippen LogP contribution in [0.4, 0.5) is 5.69 Å². The van der Waals surface area contributed by atoms with E-state index in [0.717, 1.165) is 6.54 Å². The maximum atomic E-state index is 2.63. The van der Waals surface area contributed by atoms with Gasteiger partial charge in [-0.25, -0.2) is 0 Å². The van der Waals surface area contributed by atoms with E-state index in [1.165, 1.54) is 50.1 Å². The number of hydrogen-bond donors (Lipinski definition) is 0.